The summed E-state index contributed by atoms with van der Waals surface area (Å²) in [4.78, 5) is 0. The van der Waals surface area contributed by atoms with Crippen LogP contribution in [0.25, 0.3) is 0 Å². The monoisotopic (exact) mass is 252 g/mol. The first kappa shape index (κ1) is 11.8. The van der Waals surface area contributed by atoms with Crippen molar-refractivity contribution in [3.63, 3.8) is 0 Å². The minimum Gasteiger partial charge on any atom is -0.0738 e. The molecular weight excluding hydrogens is 228 g/mol. The smallest absolute Gasteiger partial charge is 0.0122 e. The highest BCUT2D eigenvalue weighted by Crippen LogP contribution is 2.54. The van der Waals surface area contributed by atoms with Crippen LogP contribution in [0.3, 0.4) is 0 Å². The Bertz CT molecular complexity index is 549. The average Bonchev–Trinajstić information content (AvgIpc) is 2.80. The van der Waals surface area contributed by atoms with Gasteiger partial charge >= 0.3 is 0 Å². The minimum atomic E-state index is 0.865. The number of benzene rings is 1. The predicted octanol–water partition coefficient (Wildman–Crippen LogP) is 5.16. The maximum Gasteiger partial charge on any atom is -0.0122 e. The lowest BCUT2D eigenvalue weighted by molar-refractivity contribution is 0.233. The van der Waals surface area contributed by atoms with E-state index in [1.165, 1.54) is 44.1 Å². The first-order valence-electron chi connectivity index (χ1n) is 8.02. The Kier molecular flexibility index (Phi) is 2.62. The molecule has 3 atom stereocenters. The summed E-state index contributed by atoms with van der Waals surface area (Å²) in [6, 6.07) is 7.21. The van der Waals surface area contributed by atoms with Crippen molar-refractivity contribution in [1.82, 2.24) is 0 Å². The zero-order valence-electron chi connectivity index (χ0n) is 12.2. The molecular formula is C19H24. The molecule has 1 aromatic carbocycles. The summed E-state index contributed by atoms with van der Waals surface area (Å²) in [5, 5.41) is 0. The summed E-state index contributed by atoms with van der Waals surface area (Å²) in [5.74, 6) is 2.76. The van der Waals surface area contributed by atoms with Crippen LogP contribution in [0.5, 0.6) is 0 Å². The molecule has 0 aliphatic heterocycles. The maximum absolute atomic E-state index is 2.44. The van der Waals surface area contributed by atoms with E-state index in [2.05, 4.69) is 32.0 Å². The Morgan fingerprint density at radius 2 is 1.74 bits per heavy atom. The second-order valence-electron chi connectivity index (χ2n) is 7.00. The third kappa shape index (κ3) is 1.72. The highest BCUT2D eigenvalue weighted by atomic mass is 14.5. The quantitative estimate of drug-likeness (QED) is 0.559. The SMILES string of the molecule is CC1=C2CCC3c4ccc(C)cc4CCC3C2CC1. The Balaban J connectivity index is 1.73. The van der Waals surface area contributed by atoms with E-state index in [1.54, 1.807) is 16.7 Å². The molecule has 0 heterocycles. The summed E-state index contributed by atoms with van der Waals surface area (Å²) in [5.41, 5.74) is 8.38. The lowest BCUT2D eigenvalue weighted by Crippen LogP contribution is -2.31. The third-order valence-electron chi connectivity index (χ3n) is 6.03. The van der Waals surface area contributed by atoms with Gasteiger partial charge in [0, 0.05) is 0 Å². The van der Waals surface area contributed by atoms with Gasteiger partial charge in [-0.3, -0.25) is 0 Å². The number of aryl methyl sites for hydroxylation is 2. The van der Waals surface area contributed by atoms with Crippen LogP contribution >= 0.6 is 0 Å². The van der Waals surface area contributed by atoms with Crippen LogP contribution in [-0.2, 0) is 6.42 Å². The normalized spacial score (nSPS) is 32.8. The van der Waals surface area contributed by atoms with Gasteiger partial charge in [-0.25, -0.2) is 0 Å². The van der Waals surface area contributed by atoms with Gasteiger partial charge in [0.05, 0.1) is 0 Å². The zero-order chi connectivity index (χ0) is 13.0. The Morgan fingerprint density at radius 3 is 2.63 bits per heavy atom. The maximum atomic E-state index is 2.44. The van der Waals surface area contributed by atoms with Crippen LogP contribution in [0.4, 0.5) is 0 Å². The van der Waals surface area contributed by atoms with Crippen LogP contribution in [0.2, 0.25) is 0 Å². The van der Waals surface area contributed by atoms with Crippen molar-refractivity contribution in [2.45, 2.75) is 58.3 Å². The van der Waals surface area contributed by atoms with Crippen LogP contribution in [0, 0.1) is 18.8 Å². The van der Waals surface area contributed by atoms with Crippen LogP contribution in [0.1, 0.15) is 61.6 Å². The molecule has 0 radical (unpaired) electrons. The zero-order valence-corrected chi connectivity index (χ0v) is 12.2. The van der Waals surface area contributed by atoms with Crippen molar-refractivity contribution in [3.8, 4) is 0 Å². The summed E-state index contributed by atoms with van der Waals surface area (Å²) in [6.07, 6.45) is 8.37. The average molecular weight is 252 g/mol. The fourth-order valence-electron chi connectivity index (χ4n) is 5.12. The van der Waals surface area contributed by atoms with Gasteiger partial charge in [0.2, 0.25) is 0 Å². The van der Waals surface area contributed by atoms with Crippen molar-refractivity contribution in [1.29, 1.82) is 0 Å². The van der Waals surface area contributed by atoms with Crippen molar-refractivity contribution >= 4 is 0 Å². The largest absolute Gasteiger partial charge is 0.0738 e. The molecule has 0 nitrogen and oxygen atoms in total. The predicted molar refractivity (Wildman–Crippen MR) is 80.4 cm³/mol. The molecule has 0 amide bonds. The number of allylic oxidation sites excluding steroid dienone is 2. The second kappa shape index (κ2) is 4.23. The molecule has 3 unspecified atom stereocenters. The molecule has 3 aliphatic rings. The fraction of sp³-hybridized carbons (Fsp3) is 0.579. The van der Waals surface area contributed by atoms with E-state index in [-0.39, 0.29) is 0 Å². The number of fused-ring (bicyclic) bond motifs is 5. The van der Waals surface area contributed by atoms with Gasteiger partial charge in [-0.05, 0) is 81.3 Å². The third-order valence-corrected chi connectivity index (χ3v) is 6.03. The Hall–Kier alpha value is -1.04. The van der Waals surface area contributed by atoms with Gasteiger partial charge < -0.3 is 0 Å². The van der Waals surface area contributed by atoms with E-state index in [0.717, 1.165) is 17.8 Å². The van der Waals surface area contributed by atoms with Crippen molar-refractivity contribution in [3.05, 3.63) is 46.0 Å². The molecule has 3 aliphatic carbocycles. The molecule has 1 fully saturated rings. The Labute approximate surface area is 116 Å². The van der Waals surface area contributed by atoms with E-state index in [0.29, 0.717) is 0 Å². The molecule has 1 aromatic rings. The van der Waals surface area contributed by atoms with Gasteiger partial charge in [-0.2, -0.15) is 0 Å². The molecule has 0 heteroatoms. The molecule has 0 bridgehead atoms. The van der Waals surface area contributed by atoms with Crippen LogP contribution < -0.4 is 0 Å². The van der Waals surface area contributed by atoms with Crippen molar-refractivity contribution in [2.24, 2.45) is 11.8 Å². The van der Waals surface area contributed by atoms with Crippen molar-refractivity contribution in [2.75, 3.05) is 0 Å². The first-order chi connectivity index (χ1) is 9.24. The van der Waals surface area contributed by atoms with Gasteiger partial charge in [0.15, 0.2) is 0 Å². The topological polar surface area (TPSA) is 0 Å². The molecule has 1 saturated carbocycles. The number of hydrogen-bond donors (Lipinski definition) is 0. The highest BCUT2D eigenvalue weighted by Gasteiger charge is 2.41. The van der Waals surface area contributed by atoms with E-state index in [4.69, 9.17) is 0 Å². The second-order valence-corrected chi connectivity index (χ2v) is 7.00. The van der Waals surface area contributed by atoms with Gasteiger partial charge in [0.1, 0.15) is 0 Å². The summed E-state index contributed by atoms with van der Waals surface area (Å²) in [7, 11) is 0. The van der Waals surface area contributed by atoms with E-state index in [1.807, 2.05) is 5.57 Å². The lowest BCUT2D eigenvalue weighted by Gasteiger charge is -2.42. The minimum absolute atomic E-state index is 0.865. The van der Waals surface area contributed by atoms with E-state index in [9.17, 15) is 0 Å². The molecule has 4 rings (SSSR count). The summed E-state index contributed by atoms with van der Waals surface area (Å²) >= 11 is 0. The van der Waals surface area contributed by atoms with Crippen molar-refractivity contribution < 1.29 is 0 Å². The first-order valence-corrected chi connectivity index (χ1v) is 8.02. The van der Waals surface area contributed by atoms with Gasteiger partial charge in [0.25, 0.3) is 0 Å². The Morgan fingerprint density at radius 1 is 0.895 bits per heavy atom. The molecule has 0 N–H and O–H groups in total. The van der Waals surface area contributed by atoms with Crippen LogP contribution in [0.15, 0.2) is 29.3 Å². The lowest BCUT2D eigenvalue weighted by atomic mass is 9.62. The highest BCUT2D eigenvalue weighted by molar-refractivity contribution is 5.39. The molecule has 0 saturated heterocycles. The van der Waals surface area contributed by atoms with Crippen LogP contribution in [-0.4, -0.2) is 0 Å². The van der Waals surface area contributed by atoms with Gasteiger partial charge in [-0.1, -0.05) is 34.9 Å². The number of hydrogen-bond acceptors (Lipinski definition) is 0. The van der Waals surface area contributed by atoms with E-state index >= 15 is 0 Å². The number of rotatable bonds is 0. The molecule has 100 valence electrons. The summed E-state index contributed by atoms with van der Waals surface area (Å²) < 4.78 is 0. The van der Waals surface area contributed by atoms with E-state index < -0.39 is 0 Å². The fourth-order valence-corrected chi connectivity index (χ4v) is 5.12. The van der Waals surface area contributed by atoms with Gasteiger partial charge in [-0.15, -0.1) is 0 Å². The molecule has 0 aromatic heterocycles. The molecule has 19 heavy (non-hydrogen) atoms. The molecule has 0 spiro atoms. The standard InChI is InChI=1S/C19H24/c1-12-3-6-16-14(11-12)5-8-19-17-7-4-13(2)15(17)9-10-18(16)19/h3,6,11,17-19H,4-5,7-10H2,1-2H3. The summed E-state index contributed by atoms with van der Waals surface area (Å²) in [6.45, 7) is 4.62.